The predicted octanol–water partition coefficient (Wildman–Crippen LogP) is 19.0. The predicted molar refractivity (Wildman–Crippen MR) is 285 cm³/mol. The second-order valence-electron chi connectivity index (χ2n) is 19.7. The standard InChI is InChI=1S/C60H113NO3/c1-3-5-7-9-11-13-15-17-19-21-22-23-24-25-26-27-28-29-30-31-32-33-34-35-36-37-38-40-42-44-46-48-50-52-54-56-60(64)61-58(57-62)59(63)55-53-51-49-47-45-43-41-39-20-18-16-14-12-10-8-6-4-2/h15,17,21-22,45,47,53,55,58-59,62-63H,3-14,16,18-20,23-44,46,48-52,54,56-57H2,1-2H3,(H,61,64)/b17-15-,22-21-,47-45+,55-53+. The zero-order chi connectivity index (χ0) is 46.3. The lowest BCUT2D eigenvalue weighted by Crippen LogP contribution is -2.45. The number of aliphatic hydroxyl groups excluding tert-OH is 2. The summed E-state index contributed by atoms with van der Waals surface area (Å²) in [6.45, 7) is 4.31. The van der Waals surface area contributed by atoms with Crippen LogP contribution in [-0.4, -0.2) is 34.9 Å². The molecule has 2 atom stereocenters. The molecule has 0 radical (unpaired) electrons. The van der Waals surface area contributed by atoms with Crippen molar-refractivity contribution in [3.63, 3.8) is 0 Å². The highest BCUT2D eigenvalue weighted by Gasteiger charge is 2.18. The van der Waals surface area contributed by atoms with Crippen molar-refractivity contribution in [3.8, 4) is 0 Å². The smallest absolute Gasteiger partial charge is 0.220 e. The maximum atomic E-state index is 12.5. The summed E-state index contributed by atoms with van der Waals surface area (Å²) in [5.74, 6) is -0.0692. The highest BCUT2D eigenvalue weighted by atomic mass is 16.3. The maximum Gasteiger partial charge on any atom is 0.220 e. The molecule has 0 aliphatic heterocycles. The first kappa shape index (κ1) is 62.4. The Morgan fingerprint density at radius 2 is 0.656 bits per heavy atom. The molecule has 0 spiro atoms. The SMILES string of the molecule is CCCCCCC/C=C\C/C=C\CCCCCCCCCCCCCCCCCCCCCCCCCC(=O)NC(CO)C(O)/C=C/CC/C=C/CCCCCCCCCCCCC. The molecule has 0 fully saturated rings. The zero-order valence-electron chi connectivity index (χ0n) is 43.3. The number of rotatable bonds is 53. The van der Waals surface area contributed by atoms with Gasteiger partial charge in [-0.3, -0.25) is 4.79 Å². The van der Waals surface area contributed by atoms with E-state index in [0.29, 0.717) is 6.42 Å². The molecule has 0 saturated heterocycles. The minimum atomic E-state index is -0.861. The number of allylic oxidation sites excluding steroid dienone is 7. The average molecular weight is 897 g/mol. The van der Waals surface area contributed by atoms with E-state index in [2.05, 4.69) is 55.6 Å². The molecule has 0 aliphatic rings. The van der Waals surface area contributed by atoms with E-state index in [9.17, 15) is 15.0 Å². The normalized spacial score (nSPS) is 13.1. The number of unbranched alkanes of at least 4 members (excludes halogenated alkanes) is 40. The molecule has 0 heterocycles. The van der Waals surface area contributed by atoms with Gasteiger partial charge in [0.1, 0.15) is 0 Å². The Morgan fingerprint density at radius 1 is 0.375 bits per heavy atom. The summed E-state index contributed by atoms with van der Waals surface area (Å²) in [7, 11) is 0. The van der Waals surface area contributed by atoms with Crippen LogP contribution < -0.4 is 5.32 Å². The summed E-state index contributed by atoms with van der Waals surface area (Å²) in [5.41, 5.74) is 0. The number of aliphatic hydroxyl groups is 2. The van der Waals surface area contributed by atoms with E-state index in [1.807, 2.05) is 6.08 Å². The Balaban J connectivity index is 3.44. The van der Waals surface area contributed by atoms with Crippen LogP contribution in [0.25, 0.3) is 0 Å². The van der Waals surface area contributed by atoms with Gasteiger partial charge in [0, 0.05) is 6.42 Å². The molecule has 2 unspecified atom stereocenters. The monoisotopic (exact) mass is 896 g/mol. The van der Waals surface area contributed by atoms with E-state index in [0.717, 1.165) is 38.5 Å². The summed E-state index contributed by atoms with van der Waals surface area (Å²) in [6.07, 6.45) is 77.2. The van der Waals surface area contributed by atoms with Gasteiger partial charge in [0.15, 0.2) is 0 Å². The van der Waals surface area contributed by atoms with E-state index in [1.165, 1.54) is 250 Å². The number of carbonyl (C=O) groups excluding carboxylic acids is 1. The highest BCUT2D eigenvalue weighted by Crippen LogP contribution is 2.17. The van der Waals surface area contributed by atoms with Gasteiger partial charge in [0.25, 0.3) is 0 Å². The number of amides is 1. The number of hydrogen-bond acceptors (Lipinski definition) is 3. The molecule has 0 aromatic heterocycles. The van der Waals surface area contributed by atoms with Gasteiger partial charge in [-0.05, 0) is 64.2 Å². The van der Waals surface area contributed by atoms with Crippen molar-refractivity contribution >= 4 is 5.91 Å². The fourth-order valence-corrected chi connectivity index (χ4v) is 8.87. The maximum absolute atomic E-state index is 12.5. The Bertz CT molecular complexity index is 1020. The second kappa shape index (κ2) is 55.7. The molecule has 4 heteroatoms. The van der Waals surface area contributed by atoms with Crippen LogP contribution in [0.1, 0.15) is 309 Å². The van der Waals surface area contributed by atoms with Crippen molar-refractivity contribution in [2.24, 2.45) is 0 Å². The van der Waals surface area contributed by atoms with Crippen molar-refractivity contribution in [1.82, 2.24) is 5.32 Å². The molecule has 64 heavy (non-hydrogen) atoms. The molecular formula is C60H113NO3. The highest BCUT2D eigenvalue weighted by molar-refractivity contribution is 5.76. The quantitative estimate of drug-likeness (QED) is 0.0421. The fraction of sp³-hybridized carbons (Fsp3) is 0.850. The number of nitrogens with one attached hydrogen (secondary N) is 1. The van der Waals surface area contributed by atoms with Crippen LogP contribution in [0.15, 0.2) is 48.6 Å². The van der Waals surface area contributed by atoms with Gasteiger partial charge in [0.2, 0.25) is 5.91 Å². The molecule has 3 N–H and O–H groups in total. The first-order chi connectivity index (χ1) is 31.7. The first-order valence-electron chi connectivity index (χ1n) is 28.9. The molecular weight excluding hydrogens is 783 g/mol. The third-order valence-corrected chi connectivity index (χ3v) is 13.3. The lowest BCUT2D eigenvalue weighted by molar-refractivity contribution is -0.123. The van der Waals surface area contributed by atoms with Crippen LogP contribution >= 0.6 is 0 Å². The average Bonchev–Trinajstić information content (AvgIpc) is 3.30. The second-order valence-corrected chi connectivity index (χ2v) is 19.7. The molecule has 0 bridgehead atoms. The summed E-state index contributed by atoms with van der Waals surface area (Å²) in [4.78, 5) is 12.5. The van der Waals surface area contributed by atoms with Gasteiger partial charge >= 0.3 is 0 Å². The third kappa shape index (κ3) is 51.3. The Kier molecular flexibility index (Phi) is 54.2. The van der Waals surface area contributed by atoms with Crippen LogP contribution in [-0.2, 0) is 4.79 Å². The van der Waals surface area contributed by atoms with Gasteiger partial charge < -0.3 is 15.5 Å². The first-order valence-corrected chi connectivity index (χ1v) is 28.9. The number of carbonyl (C=O) groups is 1. The largest absolute Gasteiger partial charge is 0.394 e. The van der Waals surface area contributed by atoms with E-state index in [1.54, 1.807) is 6.08 Å². The van der Waals surface area contributed by atoms with Gasteiger partial charge in [-0.25, -0.2) is 0 Å². The van der Waals surface area contributed by atoms with E-state index >= 15 is 0 Å². The van der Waals surface area contributed by atoms with Crippen molar-refractivity contribution < 1.29 is 15.0 Å². The van der Waals surface area contributed by atoms with E-state index < -0.39 is 12.1 Å². The van der Waals surface area contributed by atoms with E-state index in [-0.39, 0.29) is 12.5 Å². The van der Waals surface area contributed by atoms with Gasteiger partial charge in [-0.1, -0.05) is 287 Å². The molecule has 376 valence electrons. The fourth-order valence-electron chi connectivity index (χ4n) is 8.87. The summed E-state index contributed by atoms with van der Waals surface area (Å²) in [6, 6.07) is -0.638. The molecule has 0 saturated carbocycles. The number of hydrogen-bond donors (Lipinski definition) is 3. The molecule has 0 aliphatic carbocycles. The van der Waals surface area contributed by atoms with Crippen molar-refractivity contribution in [3.05, 3.63) is 48.6 Å². The Labute approximate surface area is 401 Å². The van der Waals surface area contributed by atoms with Crippen LogP contribution in [0.2, 0.25) is 0 Å². The van der Waals surface area contributed by atoms with Crippen molar-refractivity contribution in [2.45, 2.75) is 321 Å². The van der Waals surface area contributed by atoms with Gasteiger partial charge in [0.05, 0.1) is 18.8 Å². The van der Waals surface area contributed by atoms with Gasteiger partial charge in [-0.2, -0.15) is 0 Å². The zero-order valence-corrected chi connectivity index (χ0v) is 43.3. The summed E-state index contributed by atoms with van der Waals surface area (Å²) >= 11 is 0. The molecule has 0 aromatic carbocycles. The molecule has 0 rings (SSSR count). The van der Waals surface area contributed by atoms with Crippen LogP contribution in [0.4, 0.5) is 0 Å². The summed E-state index contributed by atoms with van der Waals surface area (Å²) in [5, 5.41) is 23.1. The van der Waals surface area contributed by atoms with Crippen LogP contribution in [0, 0.1) is 0 Å². The Hall–Kier alpha value is -1.65. The molecule has 1 amide bonds. The summed E-state index contributed by atoms with van der Waals surface area (Å²) < 4.78 is 0. The minimum Gasteiger partial charge on any atom is -0.394 e. The lowest BCUT2D eigenvalue weighted by Gasteiger charge is -2.19. The van der Waals surface area contributed by atoms with Crippen LogP contribution in [0.3, 0.4) is 0 Å². The third-order valence-electron chi connectivity index (χ3n) is 13.3. The van der Waals surface area contributed by atoms with Crippen LogP contribution in [0.5, 0.6) is 0 Å². The molecule has 4 nitrogen and oxygen atoms in total. The lowest BCUT2D eigenvalue weighted by atomic mass is 10.0. The minimum absolute atomic E-state index is 0.0692. The van der Waals surface area contributed by atoms with Gasteiger partial charge in [-0.15, -0.1) is 0 Å². The Morgan fingerprint density at radius 3 is 1.00 bits per heavy atom. The topological polar surface area (TPSA) is 69.6 Å². The molecule has 0 aromatic rings. The van der Waals surface area contributed by atoms with E-state index in [4.69, 9.17) is 0 Å². The van der Waals surface area contributed by atoms with Crippen molar-refractivity contribution in [2.75, 3.05) is 6.61 Å². The van der Waals surface area contributed by atoms with Crippen molar-refractivity contribution in [1.29, 1.82) is 0 Å².